The number of esters is 1. The molecular weight excluding hydrogens is 201 g/mol. The van der Waals surface area contributed by atoms with Crippen LogP contribution < -0.4 is 5.73 Å². The molecule has 2 N–H and O–H groups in total. The van der Waals surface area contributed by atoms with Crippen LogP contribution in [0.1, 0.15) is 24.3 Å². The molecule has 6 heteroatoms. The standard InChI is InChI=1S/C9H14FN3O2/c1-9(2,10)5-13-4-6(11)7(12-13)8(14)15-3/h4H,5,11H2,1-3H3. The Morgan fingerprint density at radius 1 is 1.73 bits per heavy atom. The Balaban J connectivity index is 2.91. The maximum absolute atomic E-state index is 13.3. The second kappa shape index (κ2) is 3.88. The maximum Gasteiger partial charge on any atom is 0.360 e. The first-order valence-electron chi connectivity index (χ1n) is 4.43. The van der Waals surface area contributed by atoms with Gasteiger partial charge in [-0.3, -0.25) is 4.68 Å². The van der Waals surface area contributed by atoms with Crippen LogP contribution in [0.5, 0.6) is 0 Å². The summed E-state index contributed by atoms with van der Waals surface area (Å²) in [7, 11) is 1.24. The Hall–Kier alpha value is -1.59. The number of alkyl halides is 1. The summed E-state index contributed by atoms with van der Waals surface area (Å²) in [4.78, 5) is 11.1. The van der Waals surface area contributed by atoms with Crippen molar-refractivity contribution in [1.29, 1.82) is 0 Å². The van der Waals surface area contributed by atoms with Crippen LogP contribution in [-0.4, -0.2) is 28.5 Å². The van der Waals surface area contributed by atoms with Gasteiger partial charge in [-0.05, 0) is 13.8 Å². The zero-order valence-corrected chi connectivity index (χ0v) is 8.95. The molecule has 0 bridgehead atoms. The van der Waals surface area contributed by atoms with E-state index in [-0.39, 0.29) is 17.9 Å². The molecule has 0 atom stereocenters. The summed E-state index contributed by atoms with van der Waals surface area (Å²) in [6, 6.07) is 0. The van der Waals surface area contributed by atoms with E-state index < -0.39 is 11.6 Å². The van der Waals surface area contributed by atoms with Gasteiger partial charge in [0.15, 0.2) is 5.69 Å². The van der Waals surface area contributed by atoms with E-state index in [1.54, 1.807) is 0 Å². The number of carbonyl (C=O) groups excluding carboxylic acids is 1. The molecule has 15 heavy (non-hydrogen) atoms. The maximum atomic E-state index is 13.3. The van der Waals surface area contributed by atoms with Gasteiger partial charge < -0.3 is 10.5 Å². The number of nitrogens with two attached hydrogens (primary N) is 1. The minimum absolute atomic E-state index is 0.0155. The van der Waals surface area contributed by atoms with Gasteiger partial charge in [0.2, 0.25) is 0 Å². The third-order valence-corrected chi connectivity index (χ3v) is 1.71. The topological polar surface area (TPSA) is 70.1 Å². The van der Waals surface area contributed by atoms with Gasteiger partial charge in [0.1, 0.15) is 5.67 Å². The van der Waals surface area contributed by atoms with Crippen molar-refractivity contribution in [2.75, 3.05) is 12.8 Å². The van der Waals surface area contributed by atoms with Gasteiger partial charge in [0.05, 0.1) is 19.3 Å². The molecule has 0 radical (unpaired) electrons. The lowest BCUT2D eigenvalue weighted by atomic mass is 10.2. The van der Waals surface area contributed by atoms with Crippen LogP contribution in [0.2, 0.25) is 0 Å². The number of carbonyl (C=O) groups is 1. The molecule has 0 saturated carbocycles. The number of ether oxygens (including phenoxy) is 1. The summed E-state index contributed by atoms with van der Waals surface area (Å²) in [5.41, 5.74) is 4.32. The third kappa shape index (κ3) is 2.93. The predicted octanol–water partition coefficient (Wildman–Crippen LogP) is 1.00. The van der Waals surface area contributed by atoms with Crippen molar-refractivity contribution in [3.05, 3.63) is 11.9 Å². The number of hydrogen-bond donors (Lipinski definition) is 1. The van der Waals surface area contributed by atoms with E-state index in [1.165, 1.54) is 31.8 Å². The van der Waals surface area contributed by atoms with Crippen LogP contribution in [0.4, 0.5) is 10.1 Å². The average molecular weight is 215 g/mol. The molecule has 84 valence electrons. The van der Waals surface area contributed by atoms with Crippen molar-refractivity contribution in [2.45, 2.75) is 26.1 Å². The van der Waals surface area contributed by atoms with Crippen LogP contribution >= 0.6 is 0 Å². The first kappa shape index (κ1) is 11.5. The number of methoxy groups -OCH3 is 1. The number of anilines is 1. The minimum Gasteiger partial charge on any atom is -0.464 e. The van der Waals surface area contributed by atoms with E-state index >= 15 is 0 Å². The number of rotatable bonds is 3. The number of halogens is 1. The zero-order chi connectivity index (χ0) is 11.6. The van der Waals surface area contributed by atoms with Crippen molar-refractivity contribution in [2.24, 2.45) is 0 Å². The smallest absolute Gasteiger partial charge is 0.360 e. The zero-order valence-electron chi connectivity index (χ0n) is 8.95. The van der Waals surface area contributed by atoms with Gasteiger partial charge in [-0.1, -0.05) is 0 Å². The molecule has 1 rings (SSSR count). The summed E-state index contributed by atoms with van der Waals surface area (Å²) in [5.74, 6) is -0.622. The van der Waals surface area contributed by atoms with Gasteiger partial charge in [-0.25, -0.2) is 9.18 Å². The fourth-order valence-electron chi connectivity index (χ4n) is 1.16. The fraction of sp³-hybridized carbons (Fsp3) is 0.556. The monoisotopic (exact) mass is 215 g/mol. The van der Waals surface area contributed by atoms with E-state index in [9.17, 15) is 9.18 Å². The van der Waals surface area contributed by atoms with Crippen LogP contribution in [0, 0.1) is 0 Å². The molecule has 5 nitrogen and oxygen atoms in total. The normalized spacial score (nSPS) is 11.5. The molecule has 0 fully saturated rings. The highest BCUT2D eigenvalue weighted by Crippen LogP contribution is 2.15. The Morgan fingerprint density at radius 2 is 2.33 bits per heavy atom. The quantitative estimate of drug-likeness (QED) is 0.763. The number of nitrogens with zero attached hydrogens (tertiary/aromatic N) is 2. The second-order valence-electron chi connectivity index (χ2n) is 3.84. The van der Waals surface area contributed by atoms with Crippen molar-refractivity contribution in [3.63, 3.8) is 0 Å². The number of aromatic nitrogens is 2. The molecule has 0 amide bonds. The molecule has 0 aliphatic heterocycles. The highest BCUT2D eigenvalue weighted by Gasteiger charge is 2.20. The second-order valence-corrected chi connectivity index (χ2v) is 3.84. The highest BCUT2D eigenvalue weighted by molar-refractivity contribution is 5.92. The summed E-state index contributed by atoms with van der Waals surface area (Å²) < 4.78 is 19.0. The Bertz CT molecular complexity index is 368. The Labute approximate surface area is 87.0 Å². The number of hydrogen-bond acceptors (Lipinski definition) is 4. The Morgan fingerprint density at radius 3 is 2.80 bits per heavy atom. The van der Waals surface area contributed by atoms with Crippen molar-refractivity contribution in [3.8, 4) is 0 Å². The Kier molecular flexibility index (Phi) is 2.97. The molecule has 0 aromatic carbocycles. The van der Waals surface area contributed by atoms with Crippen LogP contribution in [0.15, 0.2) is 6.20 Å². The van der Waals surface area contributed by atoms with E-state index in [0.29, 0.717) is 0 Å². The van der Waals surface area contributed by atoms with E-state index in [4.69, 9.17) is 5.73 Å². The average Bonchev–Trinajstić information content (AvgIpc) is 2.42. The minimum atomic E-state index is -1.41. The molecule has 1 aromatic heterocycles. The largest absolute Gasteiger partial charge is 0.464 e. The lowest BCUT2D eigenvalue weighted by molar-refractivity contribution is 0.0592. The first-order chi connectivity index (χ1) is 6.83. The SMILES string of the molecule is COC(=O)c1nn(CC(C)(C)F)cc1N. The lowest BCUT2D eigenvalue weighted by Crippen LogP contribution is -2.21. The van der Waals surface area contributed by atoms with E-state index in [1.807, 2.05) is 0 Å². The van der Waals surface area contributed by atoms with Gasteiger partial charge >= 0.3 is 5.97 Å². The van der Waals surface area contributed by atoms with Crippen molar-refractivity contribution >= 4 is 11.7 Å². The van der Waals surface area contributed by atoms with Gasteiger partial charge in [0.25, 0.3) is 0 Å². The molecule has 0 saturated heterocycles. The summed E-state index contributed by atoms with van der Waals surface area (Å²) in [6.07, 6.45) is 1.41. The highest BCUT2D eigenvalue weighted by atomic mass is 19.1. The molecule has 0 aliphatic rings. The molecule has 1 aromatic rings. The molecular formula is C9H14FN3O2. The molecule has 0 unspecified atom stereocenters. The van der Waals surface area contributed by atoms with Gasteiger partial charge in [-0.2, -0.15) is 5.10 Å². The summed E-state index contributed by atoms with van der Waals surface area (Å²) >= 11 is 0. The third-order valence-electron chi connectivity index (χ3n) is 1.71. The summed E-state index contributed by atoms with van der Waals surface area (Å²) in [5, 5.41) is 3.84. The fourth-order valence-corrected chi connectivity index (χ4v) is 1.16. The summed E-state index contributed by atoms with van der Waals surface area (Å²) in [6.45, 7) is 2.87. The number of nitrogen functional groups attached to an aromatic ring is 1. The van der Waals surface area contributed by atoms with Crippen molar-refractivity contribution < 1.29 is 13.9 Å². The van der Waals surface area contributed by atoms with E-state index in [0.717, 1.165) is 0 Å². The molecule has 1 heterocycles. The van der Waals surface area contributed by atoms with E-state index in [2.05, 4.69) is 9.84 Å². The predicted molar refractivity (Wildman–Crippen MR) is 53.2 cm³/mol. The first-order valence-corrected chi connectivity index (χ1v) is 4.43. The van der Waals surface area contributed by atoms with Crippen molar-refractivity contribution in [1.82, 2.24) is 9.78 Å². The van der Waals surface area contributed by atoms with Crippen LogP contribution in [-0.2, 0) is 11.3 Å². The van der Waals surface area contributed by atoms with Crippen LogP contribution in [0.3, 0.4) is 0 Å². The lowest BCUT2D eigenvalue weighted by Gasteiger charge is -2.13. The van der Waals surface area contributed by atoms with Crippen LogP contribution in [0.25, 0.3) is 0 Å². The van der Waals surface area contributed by atoms with Gasteiger partial charge in [0, 0.05) is 6.20 Å². The molecule has 0 spiro atoms. The van der Waals surface area contributed by atoms with Gasteiger partial charge in [-0.15, -0.1) is 0 Å². The molecule has 0 aliphatic carbocycles.